The molecule has 0 aromatic heterocycles. The topological polar surface area (TPSA) is 46.6 Å². The van der Waals surface area contributed by atoms with Gasteiger partial charge in [0.05, 0.1) is 5.69 Å². The van der Waals surface area contributed by atoms with Crippen LogP contribution in [0.25, 0.3) is 0 Å². The van der Waals surface area contributed by atoms with Crippen LogP contribution in [0.2, 0.25) is 5.02 Å². The van der Waals surface area contributed by atoms with Crippen molar-refractivity contribution >= 4 is 43.2 Å². The Morgan fingerprint density at radius 3 is 2.50 bits per heavy atom. The summed E-state index contributed by atoms with van der Waals surface area (Å²) in [6.45, 7) is 0.0821. The molecule has 4 rings (SSSR count). The molecule has 0 spiro atoms. The third-order valence-corrected chi connectivity index (χ3v) is 7.07. The summed E-state index contributed by atoms with van der Waals surface area (Å²) in [6, 6.07) is 16.6. The van der Waals surface area contributed by atoms with Crippen LogP contribution in [-0.4, -0.2) is 15.0 Å². The molecule has 3 aromatic rings. The quantitative estimate of drug-likeness (QED) is 0.490. The van der Waals surface area contributed by atoms with Crippen LogP contribution in [0, 0.1) is 5.82 Å². The fourth-order valence-corrected chi connectivity index (χ4v) is 5.33. The van der Waals surface area contributed by atoms with Crippen LogP contribution in [0.5, 0.6) is 5.75 Å². The second kappa shape index (κ2) is 7.39. The monoisotopic (exact) mass is 481 g/mol. The first kappa shape index (κ1) is 19.2. The van der Waals surface area contributed by atoms with Gasteiger partial charge in [0, 0.05) is 9.50 Å². The molecule has 4 nitrogen and oxygen atoms in total. The largest absolute Gasteiger partial charge is 0.489 e. The normalized spacial score (nSPS) is 16.4. The number of hydrogen-bond acceptors (Lipinski definition) is 3. The molecule has 1 aliphatic rings. The smallest absolute Gasteiger partial charge is 0.268 e. The first-order valence-corrected chi connectivity index (χ1v) is 11.0. The highest BCUT2D eigenvalue weighted by Crippen LogP contribution is 2.44. The number of ether oxygens (including phenoxy) is 1. The van der Waals surface area contributed by atoms with Crippen molar-refractivity contribution in [1.82, 2.24) is 0 Å². The predicted octanol–water partition coefficient (Wildman–Crippen LogP) is 5.57. The zero-order valence-electron chi connectivity index (χ0n) is 14.3. The Balaban J connectivity index is 1.92. The van der Waals surface area contributed by atoms with Crippen molar-refractivity contribution in [1.29, 1.82) is 0 Å². The van der Waals surface area contributed by atoms with Gasteiger partial charge in [0.15, 0.2) is 0 Å². The maximum Gasteiger partial charge on any atom is 0.268 e. The lowest BCUT2D eigenvalue weighted by Crippen LogP contribution is -2.41. The van der Waals surface area contributed by atoms with E-state index in [1.807, 2.05) is 0 Å². The molecule has 0 N–H and O–H groups in total. The van der Waals surface area contributed by atoms with Gasteiger partial charge in [-0.05, 0) is 48.0 Å². The van der Waals surface area contributed by atoms with Crippen molar-refractivity contribution in [3.05, 3.63) is 87.6 Å². The van der Waals surface area contributed by atoms with Gasteiger partial charge in [-0.25, -0.2) is 12.8 Å². The Bertz CT molecular complexity index is 1140. The van der Waals surface area contributed by atoms with Crippen LogP contribution < -0.4 is 9.04 Å². The van der Waals surface area contributed by atoms with Gasteiger partial charge < -0.3 is 4.74 Å². The van der Waals surface area contributed by atoms with E-state index in [4.69, 9.17) is 16.3 Å². The second-order valence-electron chi connectivity index (χ2n) is 6.22. The number of rotatable bonds is 3. The Hall–Kier alpha value is -2.09. The molecule has 0 fully saturated rings. The predicted molar refractivity (Wildman–Crippen MR) is 110 cm³/mol. The van der Waals surface area contributed by atoms with E-state index in [0.29, 0.717) is 22.0 Å². The molecule has 0 saturated carbocycles. The molecular weight excluding hydrogens is 469 g/mol. The minimum Gasteiger partial charge on any atom is -0.489 e. The zero-order chi connectivity index (χ0) is 19.9. The molecule has 1 heterocycles. The Morgan fingerprint density at radius 2 is 1.79 bits per heavy atom. The lowest BCUT2D eigenvalue weighted by atomic mass is 10.1. The number of fused-ring (bicyclic) bond motifs is 1. The van der Waals surface area contributed by atoms with Crippen molar-refractivity contribution in [3.8, 4) is 5.75 Å². The van der Waals surface area contributed by atoms with Gasteiger partial charge in [0.2, 0.25) is 0 Å². The SMILES string of the molecule is O=S(=O)(c1ccccc1F)N1c2ccc(Br)cc2OCC1c1ccc(Cl)cc1. The molecule has 1 atom stereocenters. The summed E-state index contributed by atoms with van der Waals surface area (Å²) < 4.78 is 49.2. The molecule has 0 amide bonds. The Labute approximate surface area is 175 Å². The maximum absolute atomic E-state index is 14.4. The molecule has 144 valence electrons. The van der Waals surface area contributed by atoms with Gasteiger partial charge in [-0.15, -0.1) is 0 Å². The molecule has 1 aliphatic heterocycles. The van der Waals surface area contributed by atoms with E-state index in [-0.39, 0.29) is 11.5 Å². The van der Waals surface area contributed by atoms with Crippen LogP contribution in [0.3, 0.4) is 0 Å². The number of anilines is 1. The average Bonchev–Trinajstić information content (AvgIpc) is 2.68. The van der Waals surface area contributed by atoms with E-state index < -0.39 is 21.9 Å². The standard InChI is InChI=1S/C20H14BrClFNO3S/c21-14-7-10-17-19(11-14)27-12-18(13-5-8-15(22)9-6-13)24(17)28(25,26)20-4-2-1-3-16(20)23/h1-11,18H,12H2. The molecule has 0 radical (unpaired) electrons. The molecule has 1 unspecified atom stereocenters. The molecule has 0 aliphatic carbocycles. The van der Waals surface area contributed by atoms with Crippen LogP contribution >= 0.6 is 27.5 Å². The van der Waals surface area contributed by atoms with Gasteiger partial charge in [-0.1, -0.05) is 51.8 Å². The van der Waals surface area contributed by atoms with E-state index >= 15 is 0 Å². The fraction of sp³-hybridized carbons (Fsp3) is 0.100. The van der Waals surface area contributed by atoms with Crippen LogP contribution in [0.15, 0.2) is 76.1 Å². The second-order valence-corrected chi connectivity index (χ2v) is 9.36. The lowest BCUT2D eigenvalue weighted by Gasteiger charge is -2.38. The third kappa shape index (κ3) is 3.38. The zero-order valence-corrected chi connectivity index (χ0v) is 17.5. The number of benzene rings is 3. The van der Waals surface area contributed by atoms with Crippen LogP contribution in [-0.2, 0) is 10.0 Å². The highest BCUT2D eigenvalue weighted by atomic mass is 79.9. The first-order chi connectivity index (χ1) is 13.4. The summed E-state index contributed by atoms with van der Waals surface area (Å²) in [5, 5.41) is 0.535. The molecule has 3 aromatic carbocycles. The summed E-state index contributed by atoms with van der Waals surface area (Å²) >= 11 is 9.34. The van der Waals surface area contributed by atoms with Gasteiger partial charge in [0.25, 0.3) is 10.0 Å². The highest BCUT2D eigenvalue weighted by molar-refractivity contribution is 9.10. The number of nitrogens with zero attached hydrogens (tertiary/aromatic N) is 1. The van der Waals surface area contributed by atoms with Crippen LogP contribution in [0.1, 0.15) is 11.6 Å². The summed E-state index contributed by atoms with van der Waals surface area (Å²) in [4.78, 5) is -0.385. The Kier molecular flexibility index (Phi) is 5.07. The highest BCUT2D eigenvalue weighted by Gasteiger charge is 2.39. The lowest BCUT2D eigenvalue weighted by molar-refractivity contribution is 0.275. The number of hydrogen-bond donors (Lipinski definition) is 0. The van der Waals surface area contributed by atoms with Gasteiger partial charge >= 0.3 is 0 Å². The third-order valence-electron chi connectivity index (χ3n) is 4.47. The molecule has 0 bridgehead atoms. The van der Waals surface area contributed by atoms with E-state index in [1.165, 1.54) is 22.5 Å². The average molecular weight is 483 g/mol. The van der Waals surface area contributed by atoms with E-state index in [0.717, 1.165) is 10.5 Å². The summed E-state index contributed by atoms with van der Waals surface area (Å²) in [7, 11) is -4.20. The van der Waals surface area contributed by atoms with E-state index in [1.54, 1.807) is 42.5 Å². The summed E-state index contributed by atoms with van der Waals surface area (Å²) in [5.41, 5.74) is 1.04. The van der Waals surface area contributed by atoms with Gasteiger partial charge in [0.1, 0.15) is 29.1 Å². The van der Waals surface area contributed by atoms with E-state index in [9.17, 15) is 12.8 Å². The van der Waals surface area contributed by atoms with Crippen LogP contribution in [0.4, 0.5) is 10.1 Å². The van der Waals surface area contributed by atoms with Crippen molar-refractivity contribution < 1.29 is 17.5 Å². The molecule has 8 heteroatoms. The van der Waals surface area contributed by atoms with E-state index in [2.05, 4.69) is 15.9 Å². The van der Waals surface area contributed by atoms with Crippen molar-refractivity contribution in [2.75, 3.05) is 10.9 Å². The van der Waals surface area contributed by atoms with Gasteiger partial charge in [-0.3, -0.25) is 4.31 Å². The molecule has 0 saturated heterocycles. The number of halogens is 3. The van der Waals surface area contributed by atoms with Gasteiger partial charge in [-0.2, -0.15) is 0 Å². The van der Waals surface area contributed by atoms with Crippen molar-refractivity contribution in [2.45, 2.75) is 10.9 Å². The summed E-state index contributed by atoms with van der Waals surface area (Å²) in [6.07, 6.45) is 0. The first-order valence-electron chi connectivity index (χ1n) is 8.35. The minimum atomic E-state index is -4.20. The van der Waals surface area contributed by atoms with Crippen molar-refractivity contribution in [2.24, 2.45) is 0 Å². The number of sulfonamides is 1. The minimum absolute atomic E-state index is 0.0821. The summed E-state index contributed by atoms with van der Waals surface area (Å²) in [5.74, 6) is -0.401. The molecule has 28 heavy (non-hydrogen) atoms. The molecular formula is C20H14BrClFNO3S. The van der Waals surface area contributed by atoms with Crippen molar-refractivity contribution in [3.63, 3.8) is 0 Å². The maximum atomic E-state index is 14.4. The Morgan fingerprint density at radius 1 is 1.07 bits per heavy atom. The fourth-order valence-electron chi connectivity index (χ4n) is 3.16.